The van der Waals surface area contributed by atoms with Crippen molar-refractivity contribution in [3.63, 3.8) is 0 Å². The highest BCUT2D eigenvalue weighted by Gasteiger charge is 2.37. The summed E-state index contributed by atoms with van der Waals surface area (Å²) < 4.78 is 117. The molecule has 0 radical (unpaired) electrons. The summed E-state index contributed by atoms with van der Waals surface area (Å²) in [6.07, 6.45) is -10.1. The summed E-state index contributed by atoms with van der Waals surface area (Å²) in [5.74, 6) is 0. The second kappa shape index (κ2) is 33.1. The molecule has 0 aliphatic rings. The molecule has 15 atom stereocenters. The van der Waals surface area contributed by atoms with Crippen molar-refractivity contribution >= 4 is 7.82 Å². The molecule has 0 fully saturated rings. The summed E-state index contributed by atoms with van der Waals surface area (Å²) in [4.78, 5) is 0. The van der Waals surface area contributed by atoms with E-state index in [4.69, 9.17) is 84.6 Å². The SMILES string of the molecule is CCOC(C)OC(C)COC(C)OC(C)OC(C)OP(=O)(OC(C)OC(C)OC(C)OCC(C)OC(C)OCC)OC(C)OC(C)OC(C)OCC(C)OC(C)OCC. The van der Waals surface area contributed by atoms with Gasteiger partial charge in [-0.1, -0.05) is 0 Å². The van der Waals surface area contributed by atoms with Crippen LogP contribution in [0.1, 0.15) is 125 Å². The zero-order valence-corrected chi connectivity index (χ0v) is 40.0. The van der Waals surface area contributed by atoms with E-state index in [1.54, 1.807) is 41.5 Å². The predicted molar refractivity (Wildman–Crippen MR) is 215 cm³/mol. The first kappa shape index (κ1) is 58.5. The van der Waals surface area contributed by atoms with Crippen molar-refractivity contribution in [1.82, 2.24) is 0 Å². The molecule has 59 heavy (non-hydrogen) atoms. The Morgan fingerprint density at radius 3 is 0.712 bits per heavy atom. The van der Waals surface area contributed by atoms with Crippen LogP contribution in [0.2, 0.25) is 0 Å². The van der Waals surface area contributed by atoms with Crippen LogP contribution < -0.4 is 0 Å². The van der Waals surface area contributed by atoms with Crippen LogP contribution in [0.15, 0.2) is 0 Å². The number of rotatable bonds is 39. The lowest BCUT2D eigenvalue weighted by atomic mass is 10.4. The maximum absolute atomic E-state index is 14.2. The van der Waals surface area contributed by atoms with Crippen LogP contribution in [0.4, 0.5) is 0 Å². The summed E-state index contributed by atoms with van der Waals surface area (Å²) in [5.41, 5.74) is 0. The minimum Gasteiger partial charge on any atom is -0.353 e. The maximum Gasteiger partial charge on any atom is 0.481 e. The molecule has 0 rings (SSSR count). The Kier molecular flexibility index (Phi) is 32.8. The van der Waals surface area contributed by atoms with Gasteiger partial charge in [0.05, 0.1) is 38.1 Å². The van der Waals surface area contributed by atoms with Crippen LogP contribution in [-0.2, 0) is 89.2 Å². The number of phosphoric acid groups is 1. The van der Waals surface area contributed by atoms with Crippen LogP contribution >= 0.6 is 7.82 Å². The quantitative estimate of drug-likeness (QED) is 0.0430. The fraction of sp³-hybridized carbons (Fsp3) is 1.00. The third-order valence-corrected chi connectivity index (χ3v) is 8.97. The maximum atomic E-state index is 14.2. The summed E-state index contributed by atoms with van der Waals surface area (Å²) in [6.45, 7) is 33.5. The van der Waals surface area contributed by atoms with Gasteiger partial charge in [0, 0.05) is 19.8 Å². The van der Waals surface area contributed by atoms with E-state index in [1.807, 2.05) is 62.3 Å². The summed E-state index contributed by atoms with van der Waals surface area (Å²) in [5, 5.41) is 0. The molecule has 356 valence electrons. The van der Waals surface area contributed by atoms with Crippen molar-refractivity contribution in [2.75, 3.05) is 39.6 Å². The van der Waals surface area contributed by atoms with E-state index >= 15 is 0 Å². The minimum atomic E-state index is -4.52. The highest BCUT2D eigenvalue weighted by Crippen LogP contribution is 2.53. The summed E-state index contributed by atoms with van der Waals surface area (Å²) >= 11 is 0. The van der Waals surface area contributed by atoms with Gasteiger partial charge in [0.1, 0.15) is 0 Å². The van der Waals surface area contributed by atoms with Gasteiger partial charge < -0.3 is 71.1 Å². The van der Waals surface area contributed by atoms with E-state index in [0.717, 1.165) is 0 Å². The van der Waals surface area contributed by atoms with Crippen molar-refractivity contribution in [3.8, 4) is 0 Å². The number of hydrogen-bond donors (Lipinski definition) is 0. The van der Waals surface area contributed by atoms with Gasteiger partial charge in [-0.15, -0.1) is 0 Å². The molecule has 0 heterocycles. The van der Waals surface area contributed by atoms with Gasteiger partial charge in [-0.2, -0.15) is 0 Å². The topological polar surface area (TPSA) is 183 Å². The molecule has 0 saturated carbocycles. The van der Waals surface area contributed by atoms with Gasteiger partial charge in [0.15, 0.2) is 75.5 Å². The molecule has 20 heteroatoms. The van der Waals surface area contributed by atoms with Crippen molar-refractivity contribution in [1.29, 1.82) is 0 Å². The molecule has 0 amide bonds. The Morgan fingerprint density at radius 1 is 0.288 bits per heavy atom. The minimum absolute atomic E-state index is 0.243. The molecule has 0 N–H and O–H groups in total. The average molecular weight is 885 g/mol. The lowest BCUT2D eigenvalue weighted by Gasteiger charge is -2.30. The van der Waals surface area contributed by atoms with Crippen molar-refractivity contribution in [2.45, 2.75) is 218 Å². The fourth-order valence-electron chi connectivity index (χ4n) is 5.26. The Balaban J connectivity index is 5.45. The molecule has 0 aromatic heterocycles. The average Bonchev–Trinajstić information content (AvgIpc) is 3.08. The fourth-order valence-corrected chi connectivity index (χ4v) is 6.65. The lowest BCUT2D eigenvalue weighted by Crippen LogP contribution is -2.32. The van der Waals surface area contributed by atoms with E-state index < -0.39 is 64.4 Å². The molecule has 0 aromatic rings. The Hall–Kier alpha value is -0.490. The molecule has 19 nitrogen and oxygen atoms in total. The van der Waals surface area contributed by atoms with Crippen LogP contribution in [0, 0.1) is 0 Å². The van der Waals surface area contributed by atoms with Crippen molar-refractivity contribution in [2.24, 2.45) is 0 Å². The number of phosphoric ester groups is 1. The smallest absolute Gasteiger partial charge is 0.353 e. The summed E-state index contributed by atoms with van der Waals surface area (Å²) in [7, 11) is -4.52. The van der Waals surface area contributed by atoms with E-state index in [0.29, 0.717) is 19.8 Å². The zero-order valence-electron chi connectivity index (χ0n) is 39.1. The van der Waals surface area contributed by atoms with Gasteiger partial charge in [-0.05, 0) is 125 Å². The normalized spacial score (nSPS) is 21.2. The van der Waals surface area contributed by atoms with Gasteiger partial charge in [0.25, 0.3) is 0 Å². The van der Waals surface area contributed by atoms with Gasteiger partial charge in [-0.3, -0.25) is 13.6 Å². The molecule has 0 spiro atoms. The first-order valence-electron chi connectivity index (χ1n) is 20.8. The molecule has 0 aliphatic heterocycles. The summed E-state index contributed by atoms with van der Waals surface area (Å²) in [6, 6.07) is 0. The van der Waals surface area contributed by atoms with E-state index in [1.165, 1.54) is 20.8 Å². The molecular weight excluding hydrogens is 803 g/mol. The highest BCUT2D eigenvalue weighted by atomic mass is 31.2. The predicted octanol–water partition coefficient (Wildman–Crippen LogP) is 7.77. The zero-order chi connectivity index (χ0) is 45.1. The van der Waals surface area contributed by atoms with Crippen molar-refractivity contribution < 1.29 is 89.2 Å². The largest absolute Gasteiger partial charge is 0.481 e. The lowest BCUT2D eigenvalue weighted by molar-refractivity contribution is -0.289. The van der Waals surface area contributed by atoms with Crippen molar-refractivity contribution in [3.05, 3.63) is 0 Å². The molecule has 0 bridgehead atoms. The van der Waals surface area contributed by atoms with Gasteiger partial charge in [-0.25, -0.2) is 4.57 Å². The molecule has 0 saturated heterocycles. The Morgan fingerprint density at radius 2 is 0.492 bits per heavy atom. The monoisotopic (exact) mass is 885 g/mol. The first-order valence-corrected chi connectivity index (χ1v) is 22.3. The Bertz CT molecular complexity index is 927. The third-order valence-electron chi connectivity index (χ3n) is 7.31. The second-order valence-electron chi connectivity index (χ2n) is 13.6. The standard InChI is InChI=1S/C39H81O19P/c1-19-41-28(7)47-25(4)22-44-31(10)50-34(13)53-37(16)56-59(40,57-38(17)54-35(14)51-32(11)45-23-26(5)48-29(8)42-20-2)58-39(18)55-36(15)52-33(12)46-24-27(6)49-30(9)43-21-3/h25-39H,19-24H2,1-18H3. The van der Waals surface area contributed by atoms with E-state index in [2.05, 4.69) is 0 Å². The molecular formula is C39H81O19P. The number of ether oxygens (including phenoxy) is 15. The first-order chi connectivity index (χ1) is 27.6. The van der Waals surface area contributed by atoms with E-state index in [9.17, 15) is 4.57 Å². The van der Waals surface area contributed by atoms with Crippen LogP contribution in [0.5, 0.6) is 0 Å². The van der Waals surface area contributed by atoms with Gasteiger partial charge in [0.2, 0.25) is 0 Å². The third kappa shape index (κ3) is 31.9. The van der Waals surface area contributed by atoms with Crippen LogP contribution in [-0.4, -0.2) is 133 Å². The van der Waals surface area contributed by atoms with E-state index in [-0.39, 0.29) is 57.0 Å². The highest BCUT2D eigenvalue weighted by molar-refractivity contribution is 7.48. The second-order valence-corrected chi connectivity index (χ2v) is 15.1. The van der Waals surface area contributed by atoms with Crippen LogP contribution in [0.25, 0.3) is 0 Å². The molecule has 0 aromatic carbocycles. The molecule has 0 aliphatic carbocycles. The van der Waals surface area contributed by atoms with Crippen LogP contribution in [0.3, 0.4) is 0 Å². The van der Waals surface area contributed by atoms with Gasteiger partial charge >= 0.3 is 7.82 Å². The molecule has 15 unspecified atom stereocenters. The Labute approximate surface area is 354 Å². The number of hydrogen-bond acceptors (Lipinski definition) is 19.